The van der Waals surface area contributed by atoms with Gasteiger partial charge in [0.15, 0.2) is 0 Å². The molecule has 174 valence electrons. The molecule has 3 aromatic rings. The van der Waals surface area contributed by atoms with E-state index < -0.39 is 10.0 Å². The topological polar surface area (TPSA) is 75.7 Å². The molecule has 0 aliphatic rings. The van der Waals surface area contributed by atoms with Crippen molar-refractivity contribution in [1.29, 1.82) is 0 Å². The van der Waals surface area contributed by atoms with E-state index >= 15 is 0 Å². The molecule has 0 radical (unpaired) electrons. The minimum absolute atomic E-state index is 0.182. The number of rotatable bonds is 8. The third-order valence-corrected chi connectivity index (χ3v) is 6.53. The van der Waals surface area contributed by atoms with Gasteiger partial charge in [-0.3, -0.25) is 9.10 Å². The Balaban J connectivity index is 1.76. The summed E-state index contributed by atoms with van der Waals surface area (Å²) in [5.74, 6) is 0.502. The van der Waals surface area contributed by atoms with Crippen molar-refractivity contribution in [3.63, 3.8) is 0 Å². The minimum atomic E-state index is -3.49. The predicted octanol–water partition coefficient (Wildman–Crippen LogP) is 4.77. The number of methoxy groups -OCH3 is 1. The van der Waals surface area contributed by atoms with Crippen LogP contribution in [0.1, 0.15) is 45.6 Å². The lowest BCUT2D eigenvalue weighted by molar-refractivity contribution is 0.0939. The molecular formula is C26H30N2O4S. The van der Waals surface area contributed by atoms with Crippen LogP contribution in [0.4, 0.5) is 5.69 Å². The van der Waals surface area contributed by atoms with Gasteiger partial charge in [-0.2, -0.15) is 0 Å². The first kappa shape index (κ1) is 24.3. The van der Waals surface area contributed by atoms with E-state index in [-0.39, 0.29) is 18.5 Å². The molecule has 0 spiro atoms. The van der Waals surface area contributed by atoms with E-state index in [9.17, 15) is 13.2 Å². The number of anilines is 1. The van der Waals surface area contributed by atoms with Crippen LogP contribution in [0.5, 0.6) is 5.75 Å². The summed E-state index contributed by atoms with van der Waals surface area (Å²) in [5, 5.41) is 2.98. The SMILES string of the molecule is COc1ccccc1[C@H](C)NC(=O)c1ccc(CN(c2cc(C)cc(C)c2)S(C)(=O)=O)cc1. The van der Waals surface area contributed by atoms with Crippen molar-refractivity contribution in [1.82, 2.24) is 5.32 Å². The van der Waals surface area contributed by atoms with Gasteiger partial charge in [0.2, 0.25) is 10.0 Å². The van der Waals surface area contributed by atoms with Crippen molar-refractivity contribution in [3.8, 4) is 5.75 Å². The summed E-state index contributed by atoms with van der Waals surface area (Å²) < 4.78 is 31.7. The predicted molar refractivity (Wildman–Crippen MR) is 132 cm³/mol. The van der Waals surface area contributed by atoms with Crippen molar-refractivity contribution in [2.45, 2.75) is 33.4 Å². The molecule has 0 saturated heterocycles. The van der Waals surface area contributed by atoms with Crippen molar-refractivity contribution in [3.05, 3.63) is 94.5 Å². The Morgan fingerprint density at radius 1 is 1.00 bits per heavy atom. The van der Waals surface area contributed by atoms with E-state index in [1.54, 1.807) is 31.4 Å². The van der Waals surface area contributed by atoms with Crippen LogP contribution in [0, 0.1) is 13.8 Å². The number of para-hydroxylation sites is 1. The van der Waals surface area contributed by atoms with E-state index in [0.29, 0.717) is 17.0 Å². The number of hydrogen-bond acceptors (Lipinski definition) is 4. The number of sulfonamides is 1. The fourth-order valence-electron chi connectivity index (χ4n) is 3.80. The fourth-order valence-corrected chi connectivity index (χ4v) is 4.68. The molecule has 0 aliphatic heterocycles. The highest BCUT2D eigenvalue weighted by atomic mass is 32.2. The normalized spacial score (nSPS) is 12.2. The number of benzene rings is 3. The summed E-state index contributed by atoms with van der Waals surface area (Å²) in [6.45, 7) is 5.96. The second kappa shape index (κ2) is 10.1. The zero-order valence-electron chi connectivity index (χ0n) is 19.6. The Morgan fingerprint density at radius 3 is 2.18 bits per heavy atom. The molecule has 0 unspecified atom stereocenters. The Labute approximate surface area is 196 Å². The highest BCUT2D eigenvalue weighted by Gasteiger charge is 2.19. The van der Waals surface area contributed by atoms with Crippen molar-refractivity contribution >= 4 is 21.6 Å². The lowest BCUT2D eigenvalue weighted by atomic mass is 10.1. The maximum Gasteiger partial charge on any atom is 0.251 e. The number of aryl methyl sites for hydroxylation is 2. The highest BCUT2D eigenvalue weighted by molar-refractivity contribution is 7.92. The van der Waals surface area contributed by atoms with Crippen LogP contribution < -0.4 is 14.4 Å². The van der Waals surface area contributed by atoms with Crippen LogP contribution in [0.25, 0.3) is 0 Å². The van der Waals surface area contributed by atoms with Gasteiger partial charge >= 0.3 is 0 Å². The van der Waals surface area contributed by atoms with E-state index in [1.165, 1.54) is 10.6 Å². The minimum Gasteiger partial charge on any atom is -0.496 e. The van der Waals surface area contributed by atoms with E-state index in [2.05, 4.69) is 5.32 Å². The monoisotopic (exact) mass is 466 g/mol. The van der Waals surface area contributed by atoms with E-state index in [4.69, 9.17) is 4.74 Å². The molecule has 7 heteroatoms. The van der Waals surface area contributed by atoms with Crippen LogP contribution >= 0.6 is 0 Å². The molecule has 0 bridgehead atoms. The van der Waals surface area contributed by atoms with Gasteiger partial charge in [0.1, 0.15) is 5.75 Å². The average molecular weight is 467 g/mol. The van der Waals surface area contributed by atoms with Gasteiger partial charge < -0.3 is 10.1 Å². The molecule has 3 aromatic carbocycles. The van der Waals surface area contributed by atoms with Crippen LogP contribution in [0.2, 0.25) is 0 Å². The zero-order chi connectivity index (χ0) is 24.2. The molecule has 33 heavy (non-hydrogen) atoms. The van der Waals surface area contributed by atoms with Gasteiger partial charge in [0.05, 0.1) is 31.6 Å². The smallest absolute Gasteiger partial charge is 0.251 e. The summed E-state index contributed by atoms with van der Waals surface area (Å²) in [6.07, 6.45) is 1.20. The lowest BCUT2D eigenvalue weighted by Crippen LogP contribution is -2.29. The van der Waals surface area contributed by atoms with E-state index in [0.717, 1.165) is 22.3 Å². The van der Waals surface area contributed by atoms with Crippen LogP contribution in [-0.4, -0.2) is 27.7 Å². The maximum atomic E-state index is 12.8. The second-order valence-electron chi connectivity index (χ2n) is 8.25. The van der Waals surface area contributed by atoms with Gasteiger partial charge in [0, 0.05) is 11.1 Å². The largest absolute Gasteiger partial charge is 0.496 e. The zero-order valence-corrected chi connectivity index (χ0v) is 20.4. The quantitative estimate of drug-likeness (QED) is 0.519. The first-order chi connectivity index (χ1) is 15.6. The standard InChI is InChI=1S/C26H30N2O4S/c1-18-14-19(2)16-23(15-18)28(33(5,30)31)17-21-10-12-22(13-11-21)26(29)27-20(3)24-8-6-7-9-25(24)32-4/h6-16,20H,17H2,1-5H3,(H,27,29)/t20-/m0/s1. The number of carbonyl (C=O) groups excluding carboxylic acids is 1. The summed E-state index contributed by atoms with van der Waals surface area (Å²) in [4.78, 5) is 12.8. The first-order valence-corrected chi connectivity index (χ1v) is 12.5. The highest BCUT2D eigenvalue weighted by Crippen LogP contribution is 2.25. The Hall–Kier alpha value is -3.32. The molecular weight excluding hydrogens is 436 g/mol. The third-order valence-electron chi connectivity index (χ3n) is 5.39. The second-order valence-corrected chi connectivity index (χ2v) is 10.2. The van der Waals surface area contributed by atoms with E-state index in [1.807, 2.05) is 63.2 Å². The molecule has 0 heterocycles. The summed E-state index contributed by atoms with van der Waals surface area (Å²) >= 11 is 0. The number of carbonyl (C=O) groups is 1. The Kier molecular flexibility index (Phi) is 7.43. The van der Waals surface area contributed by atoms with Crippen LogP contribution in [-0.2, 0) is 16.6 Å². The molecule has 0 aromatic heterocycles. The average Bonchev–Trinajstić information content (AvgIpc) is 2.76. The number of hydrogen-bond donors (Lipinski definition) is 1. The molecule has 6 nitrogen and oxygen atoms in total. The molecule has 3 rings (SSSR count). The van der Waals surface area contributed by atoms with Gasteiger partial charge in [-0.15, -0.1) is 0 Å². The Bertz CT molecular complexity index is 1220. The van der Waals surface area contributed by atoms with Gasteiger partial charge in [0.25, 0.3) is 5.91 Å². The summed E-state index contributed by atoms with van der Waals surface area (Å²) in [7, 11) is -1.89. The van der Waals surface area contributed by atoms with Gasteiger partial charge in [-0.1, -0.05) is 36.4 Å². The lowest BCUT2D eigenvalue weighted by Gasteiger charge is -2.23. The number of amides is 1. The van der Waals surface area contributed by atoms with Crippen LogP contribution in [0.15, 0.2) is 66.7 Å². The van der Waals surface area contributed by atoms with Crippen LogP contribution in [0.3, 0.4) is 0 Å². The fraction of sp³-hybridized carbons (Fsp3) is 0.269. The molecule has 0 saturated carbocycles. The van der Waals surface area contributed by atoms with Gasteiger partial charge in [-0.25, -0.2) is 8.42 Å². The number of ether oxygens (including phenoxy) is 1. The number of nitrogens with zero attached hydrogens (tertiary/aromatic N) is 1. The van der Waals surface area contributed by atoms with Crippen molar-refractivity contribution in [2.24, 2.45) is 0 Å². The Morgan fingerprint density at radius 2 is 1.61 bits per heavy atom. The maximum absolute atomic E-state index is 12.8. The molecule has 1 atom stereocenters. The molecule has 1 amide bonds. The molecule has 0 aliphatic carbocycles. The molecule has 0 fully saturated rings. The summed E-state index contributed by atoms with van der Waals surface area (Å²) in [5.41, 5.74) is 4.79. The molecule has 1 N–H and O–H groups in total. The van der Waals surface area contributed by atoms with Crippen molar-refractivity contribution < 1.29 is 17.9 Å². The summed E-state index contributed by atoms with van der Waals surface area (Å²) in [6, 6.07) is 20.0. The first-order valence-electron chi connectivity index (χ1n) is 10.7. The number of nitrogens with one attached hydrogen (secondary N) is 1. The van der Waals surface area contributed by atoms with Gasteiger partial charge in [-0.05, 0) is 67.8 Å². The van der Waals surface area contributed by atoms with Crippen molar-refractivity contribution in [2.75, 3.05) is 17.7 Å². The third kappa shape index (κ3) is 6.14.